The van der Waals surface area contributed by atoms with Crippen molar-refractivity contribution in [3.63, 3.8) is 0 Å². The predicted molar refractivity (Wildman–Crippen MR) is 102 cm³/mol. The topological polar surface area (TPSA) is 49.3 Å². The molecule has 1 saturated carbocycles. The molecule has 2 aromatic heterocycles. The molecule has 6 heteroatoms. The summed E-state index contributed by atoms with van der Waals surface area (Å²) < 4.78 is 0. The predicted octanol–water partition coefficient (Wildman–Crippen LogP) is 3.49. The van der Waals surface area contributed by atoms with Gasteiger partial charge < -0.3 is 9.80 Å². The number of fused-ring (bicyclic) bond motifs is 1. The average molecular weight is 359 g/mol. The third-order valence-corrected chi connectivity index (χ3v) is 6.46. The van der Waals surface area contributed by atoms with Crippen LogP contribution in [0.3, 0.4) is 0 Å². The zero-order valence-electron chi connectivity index (χ0n) is 15.5. The zero-order chi connectivity index (χ0) is 17.7. The van der Waals surface area contributed by atoms with E-state index in [9.17, 15) is 4.79 Å². The second-order valence-corrected chi connectivity index (χ2v) is 8.81. The van der Waals surface area contributed by atoms with Gasteiger partial charge in [-0.3, -0.25) is 4.79 Å². The van der Waals surface area contributed by atoms with E-state index >= 15 is 0 Å². The van der Waals surface area contributed by atoms with E-state index in [-0.39, 0.29) is 11.8 Å². The Morgan fingerprint density at radius 2 is 1.80 bits per heavy atom. The number of amides is 1. The van der Waals surface area contributed by atoms with E-state index in [2.05, 4.69) is 18.7 Å². The van der Waals surface area contributed by atoms with Crippen LogP contribution >= 0.6 is 11.3 Å². The molecule has 4 rings (SSSR count). The Hall–Kier alpha value is -1.69. The first-order chi connectivity index (χ1) is 12.0. The van der Waals surface area contributed by atoms with E-state index in [4.69, 9.17) is 9.97 Å². The fourth-order valence-corrected chi connectivity index (χ4v) is 4.53. The first-order valence-electron chi connectivity index (χ1n) is 9.27. The van der Waals surface area contributed by atoms with Gasteiger partial charge in [-0.25, -0.2) is 9.97 Å². The number of carbonyl (C=O) groups is 1. The van der Waals surface area contributed by atoms with Gasteiger partial charge in [-0.1, -0.05) is 13.8 Å². The van der Waals surface area contributed by atoms with Gasteiger partial charge in [-0.05, 0) is 32.3 Å². The first-order valence-corrected chi connectivity index (χ1v) is 10.1. The maximum Gasteiger partial charge on any atom is 0.225 e. The number of nitrogens with zero attached hydrogens (tertiary/aromatic N) is 4. The van der Waals surface area contributed by atoms with Crippen molar-refractivity contribution in [1.29, 1.82) is 0 Å². The maximum absolute atomic E-state index is 12.2. The van der Waals surface area contributed by atoms with Crippen LogP contribution in [-0.4, -0.2) is 47.0 Å². The fraction of sp³-hybridized carbons (Fsp3) is 0.632. The van der Waals surface area contributed by atoms with Crippen molar-refractivity contribution in [3.05, 3.63) is 16.3 Å². The second-order valence-electron chi connectivity index (χ2n) is 7.61. The number of hydrogen-bond donors (Lipinski definition) is 0. The van der Waals surface area contributed by atoms with Crippen LogP contribution in [0.15, 0.2) is 0 Å². The van der Waals surface area contributed by atoms with E-state index in [0.717, 1.165) is 42.7 Å². The van der Waals surface area contributed by atoms with Crippen molar-refractivity contribution in [2.24, 2.45) is 5.92 Å². The lowest BCUT2D eigenvalue weighted by Gasteiger charge is -2.36. The first kappa shape index (κ1) is 16.8. The standard InChI is InChI=1S/C19H26N4OS/c1-11(2)19(24)23-9-7-22(8-10-23)17-15-12(3)13(4)25-18(15)21-16(20-17)14-5-6-14/h11,14H,5-10H2,1-4H3. The lowest BCUT2D eigenvalue weighted by atomic mass is 10.1. The third kappa shape index (κ3) is 3.01. The van der Waals surface area contributed by atoms with Gasteiger partial charge in [0.15, 0.2) is 0 Å². The van der Waals surface area contributed by atoms with E-state index in [1.54, 1.807) is 11.3 Å². The average Bonchev–Trinajstić information content (AvgIpc) is 3.41. The summed E-state index contributed by atoms with van der Waals surface area (Å²) in [6.07, 6.45) is 2.43. The summed E-state index contributed by atoms with van der Waals surface area (Å²) in [7, 11) is 0. The molecule has 3 heterocycles. The Morgan fingerprint density at radius 3 is 2.40 bits per heavy atom. The summed E-state index contributed by atoms with van der Waals surface area (Å²) in [6.45, 7) is 11.6. The molecule has 2 fully saturated rings. The summed E-state index contributed by atoms with van der Waals surface area (Å²) in [5.74, 6) is 2.98. The van der Waals surface area contributed by atoms with Gasteiger partial charge in [0, 0.05) is 42.9 Å². The summed E-state index contributed by atoms with van der Waals surface area (Å²) >= 11 is 1.78. The van der Waals surface area contributed by atoms with Gasteiger partial charge in [0.25, 0.3) is 0 Å². The number of rotatable bonds is 3. The van der Waals surface area contributed by atoms with Crippen molar-refractivity contribution in [3.8, 4) is 0 Å². The molecule has 2 aliphatic rings. The molecule has 1 aliphatic heterocycles. The van der Waals surface area contributed by atoms with Gasteiger partial charge in [-0.2, -0.15) is 0 Å². The van der Waals surface area contributed by atoms with Crippen LogP contribution in [0.25, 0.3) is 10.2 Å². The Balaban J connectivity index is 1.66. The molecule has 0 radical (unpaired) electrons. The molecule has 0 spiro atoms. The highest BCUT2D eigenvalue weighted by molar-refractivity contribution is 7.18. The second kappa shape index (κ2) is 6.24. The molecule has 1 aliphatic carbocycles. The molecular formula is C19H26N4OS. The van der Waals surface area contributed by atoms with Gasteiger partial charge in [0.2, 0.25) is 5.91 Å². The van der Waals surface area contributed by atoms with Crippen LogP contribution in [-0.2, 0) is 4.79 Å². The molecule has 2 aromatic rings. The third-order valence-electron chi connectivity index (χ3n) is 5.35. The minimum Gasteiger partial charge on any atom is -0.352 e. The SMILES string of the molecule is Cc1sc2nc(C3CC3)nc(N3CCN(C(=O)C(C)C)CC3)c2c1C. The normalized spacial score (nSPS) is 18.4. The highest BCUT2D eigenvalue weighted by Crippen LogP contribution is 2.42. The van der Waals surface area contributed by atoms with Crippen molar-refractivity contribution < 1.29 is 4.79 Å². The highest BCUT2D eigenvalue weighted by Gasteiger charge is 2.31. The monoisotopic (exact) mass is 358 g/mol. The molecule has 0 aromatic carbocycles. The number of piperazine rings is 1. The number of anilines is 1. The minimum absolute atomic E-state index is 0.0699. The highest BCUT2D eigenvalue weighted by atomic mass is 32.1. The van der Waals surface area contributed by atoms with Crippen LogP contribution in [0.1, 0.15) is 48.9 Å². The van der Waals surface area contributed by atoms with Crippen molar-refractivity contribution in [2.45, 2.75) is 46.5 Å². The van der Waals surface area contributed by atoms with Crippen molar-refractivity contribution in [1.82, 2.24) is 14.9 Å². The molecular weight excluding hydrogens is 332 g/mol. The molecule has 0 bridgehead atoms. The number of aromatic nitrogens is 2. The molecule has 134 valence electrons. The number of aryl methyl sites for hydroxylation is 2. The lowest BCUT2D eigenvalue weighted by molar-refractivity contribution is -0.134. The lowest BCUT2D eigenvalue weighted by Crippen LogP contribution is -2.50. The van der Waals surface area contributed by atoms with Crippen molar-refractivity contribution in [2.75, 3.05) is 31.1 Å². The summed E-state index contributed by atoms with van der Waals surface area (Å²) in [6, 6.07) is 0. The molecule has 5 nitrogen and oxygen atoms in total. The molecule has 25 heavy (non-hydrogen) atoms. The maximum atomic E-state index is 12.2. The van der Waals surface area contributed by atoms with Crippen LogP contribution in [0, 0.1) is 19.8 Å². The molecule has 0 atom stereocenters. The summed E-state index contributed by atoms with van der Waals surface area (Å²) in [5.41, 5.74) is 1.30. The summed E-state index contributed by atoms with van der Waals surface area (Å²) in [5, 5.41) is 1.22. The van der Waals surface area contributed by atoms with Gasteiger partial charge in [0.1, 0.15) is 16.5 Å². The van der Waals surface area contributed by atoms with E-state index < -0.39 is 0 Å². The minimum atomic E-state index is 0.0699. The largest absolute Gasteiger partial charge is 0.352 e. The smallest absolute Gasteiger partial charge is 0.225 e. The Bertz CT molecular complexity index is 816. The van der Waals surface area contributed by atoms with Crippen LogP contribution in [0.2, 0.25) is 0 Å². The molecule has 1 amide bonds. The molecule has 1 saturated heterocycles. The number of hydrogen-bond acceptors (Lipinski definition) is 5. The Morgan fingerprint density at radius 1 is 1.12 bits per heavy atom. The van der Waals surface area contributed by atoms with E-state index in [1.807, 2.05) is 18.7 Å². The Labute approximate surface area is 153 Å². The van der Waals surface area contributed by atoms with Gasteiger partial charge in [0.05, 0.1) is 5.39 Å². The molecule has 0 unspecified atom stereocenters. The van der Waals surface area contributed by atoms with Crippen LogP contribution in [0.5, 0.6) is 0 Å². The Kier molecular flexibility index (Phi) is 4.18. The van der Waals surface area contributed by atoms with Gasteiger partial charge in [-0.15, -0.1) is 11.3 Å². The van der Waals surface area contributed by atoms with Crippen LogP contribution in [0.4, 0.5) is 5.82 Å². The zero-order valence-corrected chi connectivity index (χ0v) is 16.3. The fourth-order valence-electron chi connectivity index (χ4n) is 3.50. The van der Waals surface area contributed by atoms with Crippen molar-refractivity contribution >= 4 is 33.3 Å². The quantitative estimate of drug-likeness (QED) is 0.843. The van der Waals surface area contributed by atoms with E-state index in [0.29, 0.717) is 5.92 Å². The number of thiophene rings is 1. The van der Waals surface area contributed by atoms with E-state index in [1.165, 1.54) is 28.7 Å². The van der Waals surface area contributed by atoms with Crippen LogP contribution < -0.4 is 4.90 Å². The van der Waals surface area contributed by atoms with Gasteiger partial charge >= 0.3 is 0 Å². The molecule has 0 N–H and O–H groups in total. The number of carbonyl (C=O) groups excluding carboxylic acids is 1. The summed E-state index contributed by atoms with van der Waals surface area (Å²) in [4.78, 5) is 28.9.